The zero-order chi connectivity index (χ0) is 13.1. The Balaban J connectivity index is 2.36. The second kappa shape index (κ2) is 5.05. The first-order valence-electron chi connectivity index (χ1n) is 5.96. The summed E-state index contributed by atoms with van der Waals surface area (Å²) < 4.78 is 0. The lowest BCUT2D eigenvalue weighted by atomic mass is 10.0. The average molecular weight is 239 g/mol. The molecule has 0 aliphatic carbocycles. The van der Waals surface area contributed by atoms with Crippen LogP contribution in [0.3, 0.4) is 0 Å². The van der Waals surface area contributed by atoms with E-state index in [1.165, 1.54) is 5.69 Å². The van der Waals surface area contributed by atoms with E-state index in [9.17, 15) is 4.79 Å². The van der Waals surface area contributed by atoms with Gasteiger partial charge in [0.15, 0.2) is 5.78 Å². The second-order valence-corrected chi connectivity index (χ2v) is 4.58. The molecule has 0 aliphatic rings. The zero-order valence-electron chi connectivity index (χ0n) is 11.0. The molecule has 2 rings (SSSR count). The molecule has 2 heteroatoms. The third-order valence-electron chi connectivity index (χ3n) is 2.99. The summed E-state index contributed by atoms with van der Waals surface area (Å²) in [7, 11) is 4.04. The van der Waals surface area contributed by atoms with Crippen LogP contribution in [0.1, 0.15) is 17.3 Å². The van der Waals surface area contributed by atoms with Crippen molar-refractivity contribution < 1.29 is 4.79 Å². The Labute approximate surface area is 108 Å². The van der Waals surface area contributed by atoms with Crippen LogP contribution in [0.4, 0.5) is 5.69 Å². The Hall–Kier alpha value is -2.09. The van der Waals surface area contributed by atoms with Crippen LogP contribution in [0.5, 0.6) is 0 Å². The summed E-state index contributed by atoms with van der Waals surface area (Å²) in [5, 5.41) is 0. The van der Waals surface area contributed by atoms with Crippen LogP contribution in [-0.4, -0.2) is 19.9 Å². The third-order valence-corrected chi connectivity index (χ3v) is 2.99. The summed E-state index contributed by atoms with van der Waals surface area (Å²) in [5.74, 6) is 0.0989. The summed E-state index contributed by atoms with van der Waals surface area (Å²) in [6.45, 7) is 1.59. The largest absolute Gasteiger partial charge is 0.378 e. The Morgan fingerprint density at radius 2 is 1.61 bits per heavy atom. The lowest BCUT2D eigenvalue weighted by Crippen LogP contribution is -2.07. The number of ketones is 1. The molecule has 2 nitrogen and oxygen atoms in total. The molecule has 0 aromatic heterocycles. The molecule has 0 heterocycles. The third kappa shape index (κ3) is 2.59. The van der Waals surface area contributed by atoms with Crippen molar-refractivity contribution in [2.75, 3.05) is 19.0 Å². The van der Waals surface area contributed by atoms with Gasteiger partial charge in [-0.15, -0.1) is 0 Å². The van der Waals surface area contributed by atoms with Crippen molar-refractivity contribution in [3.05, 3.63) is 54.1 Å². The summed E-state index contributed by atoms with van der Waals surface area (Å²) in [6.07, 6.45) is 0. The number of Topliss-reactive ketones (excluding diaryl/α,β-unsaturated/α-hetero) is 1. The molecule has 92 valence electrons. The molecule has 0 N–H and O–H groups in total. The minimum atomic E-state index is 0.0989. The lowest BCUT2D eigenvalue weighted by Gasteiger charge is -2.12. The zero-order valence-corrected chi connectivity index (χ0v) is 11.0. The first kappa shape index (κ1) is 12.4. The summed E-state index contributed by atoms with van der Waals surface area (Å²) in [5.41, 5.74) is 4.13. The van der Waals surface area contributed by atoms with E-state index >= 15 is 0 Å². The highest BCUT2D eigenvalue weighted by Crippen LogP contribution is 2.23. The summed E-state index contributed by atoms with van der Waals surface area (Å²) in [4.78, 5) is 13.4. The van der Waals surface area contributed by atoms with Crippen LogP contribution in [0, 0.1) is 0 Å². The van der Waals surface area contributed by atoms with E-state index in [4.69, 9.17) is 0 Å². The van der Waals surface area contributed by atoms with E-state index in [1.807, 2.05) is 38.4 Å². The molecule has 0 saturated carbocycles. The molecule has 0 fully saturated rings. The number of hydrogen-bond acceptors (Lipinski definition) is 2. The quantitative estimate of drug-likeness (QED) is 0.762. The summed E-state index contributed by atoms with van der Waals surface area (Å²) >= 11 is 0. The topological polar surface area (TPSA) is 20.3 Å². The molecule has 0 saturated heterocycles. The first-order valence-corrected chi connectivity index (χ1v) is 5.96. The van der Waals surface area contributed by atoms with Crippen molar-refractivity contribution in [1.82, 2.24) is 0 Å². The van der Waals surface area contributed by atoms with Gasteiger partial charge in [-0.2, -0.15) is 0 Å². The highest BCUT2D eigenvalue weighted by atomic mass is 16.1. The van der Waals surface area contributed by atoms with Gasteiger partial charge in [-0.3, -0.25) is 4.79 Å². The van der Waals surface area contributed by atoms with Crippen LogP contribution in [0.2, 0.25) is 0 Å². The second-order valence-electron chi connectivity index (χ2n) is 4.58. The van der Waals surface area contributed by atoms with Gasteiger partial charge in [-0.05, 0) is 36.2 Å². The van der Waals surface area contributed by atoms with E-state index in [-0.39, 0.29) is 5.78 Å². The van der Waals surface area contributed by atoms with Crippen LogP contribution < -0.4 is 4.90 Å². The van der Waals surface area contributed by atoms with Crippen molar-refractivity contribution >= 4 is 11.5 Å². The minimum Gasteiger partial charge on any atom is -0.378 e. The molecule has 2 aromatic rings. The Morgan fingerprint density at radius 1 is 0.944 bits per heavy atom. The monoisotopic (exact) mass is 239 g/mol. The number of nitrogens with zero attached hydrogens (tertiary/aromatic N) is 1. The highest BCUT2D eigenvalue weighted by Gasteiger charge is 2.03. The van der Waals surface area contributed by atoms with E-state index in [1.54, 1.807) is 6.92 Å². The predicted octanol–water partition coefficient (Wildman–Crippen LogP) is 3.62. The Kier molecular flexibility index (Phi) is 3.47. The molecule has 0 bridgehead atoms. The molecule has 0 unspecified atom stereocenters. The van der Waals surface area contributed by atoms with Crippen molar-refractivity contribution in [3.63, 3.8) is 0 Å². The normalized spacial score (nSPS) is 10.2. The van der Waals surface area contributed by atoms with Gasteiger partial charge >= 0.3 is 0 Å². The predicted molar refractivity (Wildman–Crippen MR) is 76.2 cm³/mol. The maximum Gasteiger partial charge on any atom is 0.159 e. The van der Waals surface area contributed by atoms with Crippen molar-refractivity contribution in [1.29, 1.82) is 0 Å². The SMILES string of the molecule is CC(=O)c1cccc(-c2ccc(N(C)C)cc2)c1. The number of carbonyl (C=O) groups excluding carboxylic acids is 1. The highest BCUT2D eigenvalue weighted by molar-refractivity contribution is 5.95. The molecule has 18 heavy (non-hydrogen) atoms. The molecule has 0 aliphatic heterocycles. The average Bonchev–Trinajstić information content (AvgIpc) is 2.39. The van der Waals surface area contributed by atoms with E-state index < -0.39 is 0 Å². The molecular formula is C16H17NO. The number of anilines is 1. The van der Waals surface area contributed by atoms with Crippen LogP contribution in [0.25, 0.3) is 11.1 Å². The summed E-state index contributed by atoms with van der Waals surface area (Å²) in [6, 6.07) is 16.0. The number of carbonyl (C=O) groups is 1. The fraction of sp³-hybridized carbons (Fsp3) is 0.188. The molecule has 2 aromatic carbocycles. The smallest absolute Gasteiger partial charge is 0.159 e. The van der Waals surface area contributed by atoms with Crippen molar-refractivity contribution in [3.8, 4) is 11.1 Å². The molecule has 0 atom stereocenters. The number of hydrogen-bond donors (Lipinski definition) is 0. The Morgan fingerprint density at radius 3 is 2.17 bits per heavy atom. The fourth-order valence-electron chi connectivity index (χ4n) is 1.87. The fourth-order valence-corrected chi connectivity index (χ4v) is 1.87. The first-order chi connectivity index (χ1) is 8.58. The molecule has 0 spiro atoms. The van der Waals surface area contributed by atoms with Gasteiger partial charge in [0.05, 0.1) is 0 Å². The van der Waals surface area contributed by atoms with Gasteiger partial charge in [0.25, 0.3) is 0 Å². The molecule has 0 amide bonds. The van der Waals surface area contributed by atoms with E-state index in [0.717, 1.165) is 16.7 Å². The molecule has 0 radical (unpaired) electrons. The van der Waals surface area contributed by atoms with Gasteiger partial charge in [0.2, 0.25) is 0 Å². The minimum absolute atomic E-state index is 0.0989. The molecular weight excluding hydrogens is 222 g/mol. The number of benzene rings is 2. The maximum absolute atomic E-state index is 11.4. The van der Waals surface area contributed by atoms with Gasteiger partial charge in [0, 0.05) is 25.3 Å². The van der Waals surface area contributed by atoms with E-state index in [2.05, 4.69) is 29.2 Å². The van der Waals surface area contributed by atoms with Gasteiger partial charge in [0.1, 0.15) is 0 Å². The van der Waals surface area contributed by atoms with Crippen molar-refractivity contribution in [2.45, 2.75) is 6.92 Å². The maximum atomic E-state index is 11.4. The standard InChI is InChI=1S/C16H17NO/c1-12(18)14-5-4-6-15(11-14)13-7-9-16(10-8-13)17(2)3/h4-11H,1-3H3. The van der Waals surface area contributed by atoms with Crippen molar-refractivity contribution in [2.24, 2.45) is 0 Å². The van der Waals surface area contributed by atoms with Crippen LogP contribution in [-0.2, 0) is 0 Å². The van der Waals surface area contributed by atoms with E-state index in [0.29, 0.717) is 0 Å². The van der Waals surface area contributed by atoms with Crippen LogP contribution >= 0.6 is 0 Å². The van der Waals surface area contributed by atoms with Gasteiger partial charge < -0.3 is 4.90 Å². The van der Waals surface area contributed by atoms with Gasteiger partial charge in [-0.1, -0.05) is 30.3 Å². The lowest BCUT2D eigenvalue weighted by molar-refractivity contribution is 0.101. The van der Waals surface area contributed by atoms with Crippen LogP contribution in [0.15, 0.2) is 48.5 Å². The number of rotatable bonds is 3. The Bertz CT molecular complexity index is 556. The van der Waals surface area contributed by atoms with Gasteiger partial charge in [-0.25, -0.2) is 0 Å².